The van der Waals surface area contributed by atoms with Crippen LogP contribution in [0.4, 0.5) is 0 Å². The lowest BCUT2D eigenvalue weighted by atomic mass is 9.72. The van der Waals surface area contributed by atoms with Crippen LogP contribution in [0.5, 0.6) is 5.75 Å². The Labute approximate surface area is 258 Å². The summed E-state index contributed by atoms with van der Waals surface area (Å²) in [7, 11) is 0. The van der Waals surface area contributed by atoms with Gasteiger partial charge in [0.1, 0.15) is 17.3 Å². The summed E-state index contributed by atoms with van der Waals surface area (Å²) in [5.41, 5.74) is 5.51. The number of unbranched alkanes of at least 4 members (excludes halogenated alkanes) is 1. The molecule has 0 aromatic heterocycles. The average molecular weight is 605 g/mol. The Morgan fingerprint density at radius 3 is 2.12 bits per heavy atom. The summed E-state index contributed by atoms with van der Waals surface area (Å²) in [5, 5.41) is 31.1. The number of fused-ring (bicyclic) bond motifs is 1. The Morgan fingerprint density at radius 1 is 0.907 bits per heavy atom. The van der Waals surface area contributed by atoms with Gasteiger partial charge in [-0.15, -0.1) is 0 Å². The van der Waals surface area contributed by atoms with Crippen LogP contribution in [0, 0.1) is 17.8 Å². The third-order valence-electron chi connectivity index (χ3n) is 8.63. The van der Waals surface area contributed by atoms with Crippen LogP contribution >= 0.6 is 11.6 Å². The second-order valence-electron chi connectivity index (χ2n) is 11.9. The van der Waals surface area contributed by atoms with Crippen LogP contribution in [-0.2, 0) is 28.9 Å². The van der Waals surface area contributed by atoms with Crippen molar-refractivity contribution >= 4 is 29.0 Å². The van der Waals surface area contributed by atoms with Gasteiger partial charge in [-0.05, 0) is 110 Å². The minimum absolute atomic E-state index is 0.0312. The maximum atomic E-state index is 13.3. The molecule has 0 bridgehead atoms. The van der Waals surface area contributed by atoms with Gasteiger partial charge >= 0.3 is 0 Å². The number of halogens is 1. The van der Waals surface area contributed by atoms with Crippen molar-refractivity contribution in [2.75, 3.05) is 13.2 Å². The second-order valence-corrected chi connectivity index (χ2v) is 12.3. The number of ketones is 3. The number of phenolic OH excluding ortho intramolecular Hbond substituents is 1. The fourth-order valence-electron chi connectivity index (χ4n) is 6.45. The quantitative estimate of drug-likeness (QED) is 0.134. The number of rotatable bonds is 15. The number of aromatic hydroxyl groups is 1. The van der Waals surface area contributed by atoms with Gasteiger partial charge in [-0.3, -0.25) is 14.4 Å². The topological polar surface area (TPSA) is 112 Å². The van der Waals surface area contributed by atoms with Crippen molar-refractivity contribution in [1.29, 1.82) is 0 Å². The number of aliphatic hydroxyl groups is 2. The number of phenols is 1. The molecule has 0 saturated heterocycles. The van der Waals surface area contributed by atoms with E-state index in [1.165, 1.54) is 18.1 Å². The lowest BCUT2D eigenvalue weighted by Gasteiger charge is -2.31. The zero-order valence-corrected chi connectivity index (χ0v) is 25.5. The molecule has 0 amide bonds. The molecular weight excluding hydrogens is 564 g/mol. The summed E-state index contributed by atoms with van der Waals surface area (Å²) in [6, 6.07) is 19.8. The van der Waals surface area contributed by atoms with Gasteiger partial charge < -0.3 is 15.3 Å². The smallest absolute Gasteiger partial charge is 0.167 e. The van der Waals surface area contributed by atoms with Crippen molar-refractivity contribution in [3.63, 3.8) is 0 Å². The molecule has 228 valence electrons. The molecular formula is C36H41ClO6. The van der Waals surface area contributed by atoms with Crippen molar-refractivity contribution in [3.8, 4) is 16.9 Å². The van der Waals surface area contributed by atoms with Gasteiger partial charge in [0, 0.05) is 24.0 Å². The highest BCUT2D eigenvalue weighted by atomic mass is 35.5. The third kappa shape index (κ3) is 8.62. The van der Waals surface area contributed by atoms with E-state index in [4.69, 9.17) is 11.6 Å². The molecule has 1 aliphatic carbocycles. The number of hydrogen-bond acceptors (Lipinski definition) is 6. The number of benzene rings is 3. The Balaban J connectivity index is 1.47. The number of aryl methyl sites for hydroxylation is 2. The molecule has 3 aromatic rings. The van der Waals surface area contributed by atoms with Gasteiger partial charge in [0.2, 0.25) is 0 Å². The highest BCUT2D eigenvalue weighted by Gasteiger charge is 2.35. The van der Waals surface area contributed by atoms with Gasteiger partial charge in [0.25, 0.3) is 0 Å². The summed E-state index contributed by atoms with van der Waals surface area (Å²) >= 11 is 5.98. The van der Waals surface area contributed by atoms with E-state index in [9.17, 15) is 29.7 Å². The monoisotopic (exact) mass is 604 g/mol. The van der Waals surface area contributed by atoms with E-state index in [1.54, 1.807) is 6.07 Å². The first kappa shape index (κ1) is 32.6. The van der Waals surface area contributed by atoms with Crippen molar-refractivity contribution < 1.29 is 29.7 Å². The Bertz CT molecular complexity index is 1410. The summed E-state index contributed by atoms with van der Waals surface area (Å²) in [6.45, 7) is 0.770. The van der Waals surface area contributed by atoms with Crippen molar-refractivity contribution in [3.05, 3.63) is 87.9 Å². The molecule has 0 radical (unpaired) electrons. The largest absolute Gasteiger partial charge is 0.507 e. The normalized spacial score (nSPS) is 16.0. The average Bonchev–Trinajstić information content (AvgIpc) is 2.97. The van der Waals surface area contributed by atoms with E-state index in [0.717, 1.165) is 47.4 Å². The van der Waals surface area contributed by atoms with Gasteiger partial charge in [-0.1, -0.05) is 54.1 Å². The molecule has 1 aliphatic rings. The standard InChI is InChI=1S/C36H41ClO6/c1-23(40)18-34(42)32(22-39)28(16-17-38)19-26-20-31-30(14-15-33(41)36(31)35(43)21-26)27-10-6-24(7-11-27)4-2-3-5-25-8-12-29(37)13-9-25/h6-15,26,28,32,38-39,41H,2-5,16-22H2,1H3. The zero-order chi connectivity index (χ0) is 30.9. The Morgan fingerprint density at radius 2 is 1.53 bits per heavy atom. The minimum atomic E-state index is -0.769. The van der Waals surface area contributed by atoms with Crippen molar-refractivity contribution in [1.82, 2.24) is 0 Å². The third-order valence-corrected chi connectivity index (χ3v) is 8.89. The van der Waals surface area contributed by atoms with E-state index in [1.807, 2.05) is 18.2 Å². The molecule has 0 aliphatic heterocycles. The first-order valence-corrected chi connectivity index (χ1v) is 15.5. The van der Waals surface area contributed by atoms with Crippen molar-refractivity contribution in [2.24, 2.45) is 17.8 Å². The number of carbonyl (C=O) groups excluding carboxylic acids is 3. The van der Waals surface area contributed by atoms with Crippen LogP contribution in [0.25, 0.3) is 11.1 Å². The highest BCUT2D eigenvalue weighted by molar-refractivity contribution is 6.30. The molecule has 3 aromatic carbocycles. The van der Waals surface area contributed by atoms with Gasteiger partial charge in [-0.25, -0.2) is 0 Å². The second kappa shape index (κ2) is 15.4. The van der Waals surface area contributed by atoms with E-state index in [0.29, 0.717) is 24.8 Å². The Kier molecular flexibility index (Phi) is 11.7. The first-order chi connectivity index (χ1) is 20.7. The molecule has 3 atom stereocenters. The lowest BCUT2D eigenvalue weighted by molar-refractivity contribution is -0.131. The minimum Gasteiger partial charge on any atom is -0.507 e. The summed E-state index contributed by atoms with van der Waals surface area (Å²) in [6.07, 6.45) is 5.33. The number of aliphatic hydroxyl groups excluding tert-OH is 2. The van der Waals surface area contributed by atoms with E-state index >= 15 is 0 Å². The zero-order valence-electron chi connectivity index (χ0n) is 24.7. The number of hydrogen-bond donors (Lipinski definition) is 3. The fourth-order valence-corrected chi connectivity index (χ4v) is 6.57. The maximum Gasteiger partial charge on any atom is 0.167 e. The van der Waals surface area contributed by atoms with Crippen molar-refractivity contribution in [2.45, 2.75) is 64.7 Å². The number of Topliss-reactive ketones (excluding diaryl/α,β-unsaturated/α-hetero) is 3. The van der Waals surface area contributed by atoms with E-state index in [-0.39, 0.29) is 54.4 Å². The van der Waals surface area contributed by atoms with E-state index < -0.39 is 12.5 Å². The predicted molar refractivity (Wildman–Crippen MR) is 168 cm³/mol. The number of carbonyl (C=O) groups is 3. The van der Waals surface area contributed by atoms with Crippen LogP contribution < -0.4 is 0 Å². The Hall–Kier alpha value is -3.32. The molecule has 0 heterocycles. The van der Waals surface area contributed by atoms with Crippen LogP contribution in [0.3, 0.4) is 0 Å². The molecule has 7 heteroatoms. The molecule has 4 rings (SSSR count). The molecule has 0 saturated carbocycles. The SMILES string of the molecule is CC(=O)CC(=O)C(CO)C(CCO)CC1CC(=O)c2c(O)ccc(-c3ccc(CCCCc4ccc(Cl)cc4)cc3)c2C1. The molecule has 0 spiro atoms. The van der Waals surface area contributed by atoms with Gasteiger partial charge in [0.05, 0.1) is 18.6 Å². The first-order valence-electron chi connectivity index (χ1n) is 15.2. The fraction of sp³-hybridized carbons (Fsp3) is 0.417. The van der Waals surface area contributed by atoms with Gasteiger partial charge in [-0.2, -0.15) is 0 Å². The molecule has 43 heavy (non-hydrogen) atoms. The molecule has 3 N–H and O–H groups in total. The molecule has 3 unspecified atom stereocenters. The molecule has 6 nitrogen and oxygen atoms in total. The summed E-state index contributed by atoms with van der Waals surface area (Å²) in [4.78, 5) is 37.6. The van der Waals surface area contributed by atoms with Crippen LogP contribution in [0.2, 0.25) is 5.02 Å². The summed E-state index contributed by atoms with van der Waals surface area (Å²) < 4.78 is 0. The predicted octanol–water partition coefficient (Wildman–Crippen LogP) is 6.57. The summed E-state index contributed by atoms with van der Waals surface area (Å²) in [5.74, 6) is -2.04. The molecule has 0 fully saturated rings. The lowest BCUT2D eigenvalue weighted by Crippen LogP contribution is -2.32. The van der Waals surface area contributed by atoms with Crippen LogP contribution in [0.1, 0.15) is 72.5 Å². The van der Waals surface area contributed by atoms with Crippen LogP contribution in [-0.4, -0.2) is 45.9 Å². The van der Waals surface area contributed by atoms with Crippen LogP contribution in [0.15, 0.2) is 60.7 Å². The van der Waals surface area contributed by atoms with Gasteiger partial charge in [0.15, 0.2) is 5.78 Å². The maximum absolute atomic E-state index is 13.3. The highest BCUT2D eigenvalue weighted by Crippen LogP contribution is 2.41. The van der Waals surface area contributed by atoms with E-state index in [2.05, 4.69) is 36.4 Å².